The zero-order chi connectivity index (χ0) is 9.97. The molecular weight excluding hydrogens is 176 g/mol. The molecule has 0 aliphatic heterocycles. The molecule has 0 radical (unpaired) electrons. The number of rotatable bonds is 4. The van der Waals surface area contributed by atoms with Crippen LogP contribution in [0.4, 0.5) is 0 Å². The van der Waals surface area contributed by atoms with Gasteiger partial charge in [0.2, 0.25) is 0 Å². The summed E-state index contributed by atoms with van der Waals surface area (Å²) < 4.78 is 1.81. The maximum atomic E-state index is 6.06. The number of nitrogens with two attached hydrogens (primary N) is 1. The van der Waals surface area contributed by atoms with Crippen molar-refractivity contribution >= 4 is 0 Å². The average Bonchev–Trinajstić information content (AvgIpc) is 2.45. The van der Waals surface area contributed by atoms with Crippen LogP contribution in [0.15, 0.2) is 6.33 Å². The van der Waals surface area contributed by atoms with Crippen LogP contribution < -0.4 is 5.73 Å². The zero-order valence-electron chi connectivity index (χ0n) is 8.69. The standard InChI is InChI=1S/C10H18N4/c1-14-10(12-7-13-14)6-9(11)5-8-3-2-4-8/h7-9H,2-6,11H2,1H3. The minimum absolute atomic E-state index is 0.253. The van der Waals surface area contributed by atoms with Gasteiger partial charge in [0.15, 0.2) is 0 Å². The molecule has 2 rings (SSSR count). The van der Waals surface area contributed by atoms with E-state index in [4.69, 9.17) is 5.73 Å². The minimum atomic E-state index is 0.253. The molecule has 1 saturated carbocycles. The van der Waals surface area contributed by atoms with Crippen LogP contribution >= 0.6 is 0 Å². The molecule has 78 valence electrons. The Morgan fingerprint density at radius 2 is 2.43 bits per heavy atom. The molecule has 4 heteroatoms. The van der Waals surface area contributed by atoms with E-state index in [0.717, 1.165) is 24.6 Å². The molecule has 0 aromatic carbocycles. The van der Waals surface area contributed by atoms with Crippen molar-refractivity contribution in [2.45, 2.75) is 38.1 Å². The van der Waals surface area contributed by atoms with Crippen molar-refractivity contribution in [3.8, 4) is 0 Å². The first-order valence-corrected chi connectivity index (χ1v) is 5.34. The average molecular weight is 194 g/mol. The zero-order valence-corrected chi connectivity index (χ0v) is 8.69. The van der Waals surface area contributed by atoms with Gasteiger partial charge in [0.1, 0.15) is 12.2 Å². The van der Waals surface area contributed by atoms with E-state index in [9.17, 15) is 0 Å². The van der Waals surface area contributed by atoms with Crippen molar-refractivity contribution in [2.24, 2.45) is 18.7 Å². The minimum Gasteiger partial charge on any atom is -0.327 e. The molecule has 1 fully saturated rings. The number of aromatic nitrogens is 3. The molecular formula is C10H18N4. The summed E-state index contributed by atoms with van der Waals surface area (Å²) in [5.41, 5.74) is 6.06. The summed E-state index contributed by atoms with van der Waals surface area (Å²) in [4.78, 5) is 4.18. The lowest BCUT2D eigenvalue weighted by Gasteiger charge is -2.27. The highest BCUT2D eigenvalue weighted by molar-refractivity contribution is 4.89. The normalized spacial score (nSPS) is 19.3. The van der Waals surface area contributed by atoms with Crippen LogP contribution in [-0.2, 0) is 13.5 Å². The molecule has 1 aliphatic carbocycles. The number of hydrogen-bond acceptors (Lipinski definition) is 3. The molecule has 1 aromatic rings. The molecule has 4 nitrogen and oxygen atoms in total. The van der Waals surface area contributed by atoms with Gasteiger partial charge < -0.3 is 5.73 Å². The van der Waals surface area contributed by atoms with Crippen LogP contribution in [0, 0.1) is 5.92 Å². The Labute approximate surface area is 84.5 Å². The van der Waals surface area contributed by atoms with Gasteiger partial charge in [0.25, 0.3) is 0 Å². The van der Waals surface area contributed by atoms with E-state index in [0.29, 0.717) is 0 Å². The maximum absolute atomic E-state index is 6.06. The van der Waals surface area contributed by atoms with E-state index < -0.39 is 0 Å². The summed E-state index contributed by atoms with van der Waals surface area (Å²) in [5, 5.41) is 4.03. The van der Waals surface area contributed by atoms with Crippen molar-refractivity contribution in [1.82, 2.24) is 14.8 Å². The van der Waals surface area contributed by atoms with Gasteiger partial charge in [-0.15, -0.1) is 0 Å². The lowest BCUT2D eigenvalue weighted by Crippen LogP contribution is -2.29. The molecule has 14 heavy (non-hydrogen) atoms. The van der Waals surface area contributed by atoms with E-state index in [-0.39, 0.29) is 6.04 Å². The predicted molar refractivity (Wildman–Crippen MR) is 54.6 cm³/mol. The Morgan fingerprint density at radius 3 is 2.93 bits per heavy atom. The predicted octanol–water partition coefficient (Wildman–Crippen LogP) is 0.875. The third kappa shape index (κ3) is 2.12. The number of hydrogen-bond donors (Lipinski definition) is 1. The number of aryl methyl sites for hydroxylation is 1. The van der Waals surface area contributed by atoms with Crippen molar-refractivity contribution in [2.75, 3.05) is 0 Å². The monoisotopic (exact) mass is 194 g/mol. The molecule has 2 N–H and O–H groups in total. The smallest absolute Gasteiger partial charge is 0.138 e. The van der Waals surface area contributed by atoms with Crippen molar-refractivity contribution < 1.29 is 0 Å². The van der Waals surface area contributed by atoms with Gasteiger partial charge in [-0.05, 0) is 12.3 Å². The Kier molecular flexibility index (Phi) is 2.82. The fraction of sp³-hybridized carbons (Fsp3) is 0.800. The highest BCUT2D eigenvalue weighted by atomic mass is 15.3. The molecule has 0 spiro atoms. The van der Waals surface area contributed by atoms with E-state index in [1.807, 2.05) is 7.05 Å². The summed E-state index contributed by atoms with van der Waals surface area (Å²) >= 11 is 0. The van der Waals surface area contributed by atoms with Crippen LogP contribution in [0.3, 0.4) is 0 Å². The van der Waals surface area contributed by atoms with E-state index >= 15 is 0 Å². The summed E-state index contributed by atoms with van der Waals surface area (Å²) in [5.74, 6) is 1.87. The highest BCUT2D eigenvalue weighted by Gasteiger charge is 2.20. The van der Waals surface area contributed by atoms with E-state index in [2.05, 4.69) is 10.1 Å². The van der Waals surface area contributed by atoms with Crippen LogP contribution in [0.1, 0.15) is 31.5 Å². The largest absolute Gasteiger partial charge is 0.327 e. The second-order valence-corrected chi connectivity index (χ2v) is 4.30. The van der Waals surface area contributed by atoms with Crippen LogP contribution in [0.5, 0.6) is 0 Å². The lowest BCUT2D eigenvalue weighted by molar-refractivity contribution is 0.274. The third-order valence-electron chi connectivity index (χ3n) is 3.11. The summed E-state index contributed by atoms with van der Waals surface area (Å²) in [7, 11) is 1.92. The SMILES string of the molecule is Cn1ncnc1CC(N)CC1CCC1. The summed E-state index contributed by atoms with van der Waals surface area (Å²) in [6, 6.07) is 0.253. The second kappa shape index (κ2) is 4.09. The molecule has 0 amide bonds. The quantitative estimate of drug-likeness (QED) is 0.774. The second-order valence-electron chi connectivity index (χ2n) is 4.30. The molecule has 1 aromatic heterocycles. The van der Waals surface area contributed by atoms with E-state index in [1.165, 1.54) is 19.3 Å². The van der Waals surface area contributed by atoms with Crippen LogP contribution in [0.2, 0.25) is 0 Å². The molecule has 1 heterocycles. The first-order chi connectivity index (χ1) is 6.75. The van der Waals surface area contributed by atoms with Crippen LogP contribution in [0.25, 0.3) is 0 Å². The topological polar surface area (TPSA) is 56.7 Å². The molecule has 1 atom stereocenters. The van der Waals surface area contributed by atoms with Gasteiger partial charge in [0, 0.05) is 19.5 Å². The molecule has 0 bridgehead atoms. The first-order valence-electron chi connectivity index (χ1n) is 5.34. The Bertz CT molecular complexity index is 290. The van der Waals surface area contributed by atoms with Gasteiger partial charge >= 0.3 is 0 Å². The molecule has 0 saturated heterocycles. The Morgan fingerprint density at radius 1 is 1.64 bits per heavy atom. The molecule has 1 aliphatic rings. The Hall–Kier alpha value is -0.900. The van der Waals surface area contributed by atoms with Gasteiger partial charge in [-0.3, -0.25) is 4.68 Å². The number of nitrogens with zero attached hydrogens (tertiary/aromatic N) is 3. The van der Waals surface area contributed by atoms with Gasteiger partial charge in [-0.1, -0.05) is 19.3 Å². The van der Waals surface area contributed by atoms with Gasteiger partial charge in [-0.2, -0.15) is 5.10 Å². The van der Waals surface area contributed by atoms with E-state index in [1.54, 1.807) is 11.0 Å². The molecule has 1 unspecified atom stereocenters. The van der Waals surface area contributed by atoms with Crippen molar-refractivity contribution in [1.29, 1.82) is 0 Å². The lowest BCUT2D eigenvalue weighted by atomic mass is 9.80. The maximum Gasteiger partial charge on any atom is 0.138 e. The van der Waals surface area contributed by atoms with Crippen LogP contribution in [-0.4, -0.2) is 20.8 Å². The fourth-order valence-corrected chi connectivity index (χ4v) is 1.98. The highest BCUT2D eigenvalue weighted by Crippen LogP contribution is 2.30. The Balaban J connectivity index is 1.81. The van der Waals surface area contributed by atoms with Crippen molar-refractivity contribution in [3.05, 3.63) is 12.2 Å². The fourth-order valence-electron chi connectivity index (χ4n) is 1.98. The van der Waals surface area contributed by atoms with Gasteiger partial charge in [0.05, 0.1) is 0 Å². The van der Waals surface area contributed by atoms with Gasteiger partial charge in [-0.25, -0.2) is 4.98 Å². The summed E-state index contributed by atoms with van der Waals surface area (Å²) in [6.07, 6.45) is 7.71. The first kappa shape index (κ1) is 9.65. The summed E-state index contributed by atoms with van der Waals surface area (Å²) in [6.45, 7) is 0. The van der Waals surface area contributed by atoms with Crippen molar-refractivity contribution in [3.63, 3.8) is 0 Å². The third-order valence-corrected chi connectivity index (χ3v) is 3.11.